The minimum Gasteiger partial charge on any atom is -0.481 e. The van der Waals surface area contributed by atoms with Gasteiger partial charge >= 0.3 is 5.97 Å². The van der Waals surface area contributed by atoms with E-state index in [1.165, 1.54) is 0 Å². The van der Waals surface area contributed by atoms with Gasteiger partial charge in [0.2, 0.25) is 6.79 Å². The van der Waals surface area contributed by atoms with Crippen LogP contribution in [-0.2, 0) is 4.79 Å². The van der Waals surface area contributed by atoms with Crippen LogP contribution in [0, 0.1) is 11.8 Å². The first-order chi connectivity index (χ1) is 9.56. The predicted octanol–water partition coefficient (Wildman–Crippen LogP) is 1.21. The van der Waals surface area contributed by atoms with Gasteiger partial charge in [0.15, 0.2) is 11.5 Å². The van der Waals surface area contributed by atoms with Crippen LogP contribution in [0.15, 0.2) is 18.2 Å². The average molecular weight is 277 g/mol. The van der Waals surface area contributed by atoms with E-state index in [9.17, 15) is 9.59 Å². The van der Waals surface area contributed by atoms with Crippen molar-refractivity contribution in [3.05, 3.63) is 23.8 Å². The number of rotatable bonds is 2. The minimum atomic E-state index is -0.849. The van der Waals surface area contributed by atoms with Crippen LogP contribution in [0.4, 0.5) is 0 Å². The SMILES string of the molecule is CC1CN(C(=O)c2ccc3c(c2)OCO3)CC1C(=O)O. The lowest BCUT2D eigenvalue weighted by Gasteiger charge is -2.16. The Balaban J connectivity index is 1.78. The number of hydrogen-bond acceptors (Lipinski definition) is 4. The summed E-state index contributed by atoms with van der Waals surface area (Å²) in [5.41, 5.74) is 0.493. The van der Waals surface area contributed by atoms with Crippen molar-refractivity contribution in [1.82, 2.24) is 4.90 Å². The molecule has 0 aliphatic carbocycles. The molecule has 2 aliphatic heterocycles. The largest absolute Gasteiger partial charge is 0.481 e. The van der Waals surface area contributed by atoms with Crippen molar-refractivity contribution in [3.8, 4) is 11.5 Å². The number of hydrogen-bond donors (Lipinski definition) is 1. The number of carbonyl (C=O) groups excluding carboxylic acids is 1. The molecule has 0 aromatic heterocycles. The summed E-state index contributed by atoms with van der Waals surface area (Å²) < 4.78 is 10.4. The predicted molar refractivity (Wildman–Crippen MR) is 68.8 cm³/mol. The van der Waals surface area contributed by atoms with E-state index >= 15 is 0 Å². The molecule has 1 fully saturated rings. The number of benzene rings is 1. The Morgan fingerprint density at radius 1 is 1.25 bits per heavy atom. The molecule has 1 saturated heterocycles. The fourth-order valence-corrected chi connectivity index (χ4v) is 2.67. The van der Waals surface area contributed by atoms with Crippen LogP contribution in [0.1, 0.15) is 17.3 Å². The third kappa shape index (κ3) is 2.07. The maximum absolute atomic E-state index is 12.4. The summed E-state index contributed by atoms with van der Waals surface area (Å²) in [5.74, 6) is -0.367. The Morgan fingerprint density at radius 2 is 2.00 bits per heavy atom. The molecule has 2 heterocycles. The topological polar surface area (TPSA) is 76.1 Å². The normalized spacial score (nSPS) is 23.9. The highest BCUT2D eigenvalue weighted by atomic mass is 16.7. The maximum atomic E-state index is 12.4. The van der Waals surface area contributed by atoms with Gasteiger partial charge in [0.05, 0.1) is 5.92 Å². The van der Waals surface area contributed by atoms with Crippen molar-refractivity contribution in [1.29, 1.82) is 0 Å². The zero-order chi connectivity index (χ0) is 14.3. The van der Waals surface area contributed by atoms with Crippen LogP contribution in [0.5, 0.6) is 11.5 Å². The van der Waals surface area contributed by atoms with E-state index < -0.39 is 11.9 Å². The molecule has 2 atom stereocenters. The number of nitrogens with zero attached hydrogens (tertiary/aromatic N) is 1. The van der Waals surface area contributed by atoms with E-state index in [1.54, 1.807) is 23.1 Å². The Morgan fingerprint density at radius 3 is 2.70 bits per heavy atom. The summed E-state index contributed by atoms with van der Waals surface area (Å²) in [6.07, 6.45) is 0. The highest BCUT2D eigenvalue weighted by Crippen LogP contribution is 2.33. The Labute approximate surface area is 115 Å². The Hall–Kier alpha value is -2.24. The van der Waals surface area contributed by atoms with Crippen LogP contribution in [-0.4, -0.2) is 41.8 Å². The van der Waals surface area contributed by atoms with E-state index in [0.29, 0.717) is 23.6 Å². The van der Waals surface area contributed by atoms with Gasteiger partial charge in [0, 0.05) is 18.7 Å². The number of carboxylic acids is 1. The van der Waals surface area contributed by atoms with E-state index in [0.717, 1.165) is 0 Å². The molecule has 3 rings (SSSR count). The zero-order valence-corrected chi connectivity index (χ0v) is 11.0. The van der Waals surface area contributed by atoms with Crippen LogP contribution in [0.3, 0.4) is 0 Å². The fourth-order valence-electron chi connectivity index (χ4n) is 2.67. The van der Waals surface area contributed by atoms with Crippen molar-refractivity contribution >= 4 is 11.9 Å². The van der Waals surface area contributed by atoms with E-state index in [2.05, 4.69) is 0 Å². The highest BCUT2D eigenvalue weighted by molar-refractivity contribution is 5.95. The summed E-state index contributed by atoms with van der Waals surface area (Å²) in [6, 6.07) is 5.02. The zero-order valence-electron chi connectivity index (χ0n) is 11.0. The summed E-state index contributed by atoms with van der Waals surface area (Å²) >= 11 is 0. The summed E-state index contributed by atoms with van der Waals surface area (Å²) in [7, 11) is 0. The second kappa shape index (κ2) is 4.70. The third-order valence-electron chi connectivity index (χ3n) is 3.84. The molecule has 1 amide bonds. The van der Waals surface area contributed by atoms with Crippen molar-refractivity contribution in [2.24, 2.45) is 11.8 Å². The first-order valence-electron chi connectivity index (χ1n) is 6.48. The quantitative estimate of drug-likeness (QED) is 0.879. The molecule has 0 bridgehead atoms. The standard InChI is InChI=1S/C14H15NO5/c1-8-5-15(6-10(8)14(17)18)13(16)9-2-3-11-12(4-9)20-7-19-11/h2-4,8,10H,5-7H2,1H3,(H,17,18). The molecular weight excluding hydrogens is 262 g/mol. The Bertz CT molecular complexity index is 571. The van der Waals surface area contributed by atoms with Crippen LogP contribution < -0.4 is 9.47 Å². The number of amides is 1. The summed E-state index contributed by atoms with van der Waals surface area (Å²) in [5, 5.41) is 9.11. The van der Waals surface area contributed by atoms with Gasteiger partial charge < -0.3 is 19.5 Å². The number of carbonyl (C=O) groups is 2. The Kier molecular flexibility index (Phi) is 3.00. The highest BCUT2D eigenvalue weighted by Gasteiger charge is 2.37. The van der Waals surface area contributed by atoms with Gasteiger partial charge in [0.25, 0.3) is 5.91 Å². The lowest BCUT2D eigenvalue weighted by atomic mass is 9.99. The van der Waals surface area contributed by atoms with Gasteiger partial charge in [-0.2, -0.15) is 0 Å². The van der Waals surface area contributed by atoms with Crippen molar-refractivity contribution in [3.63, 3.8) is 0 Å². The molecule has 1 aromatic carbocycles. The van der Waals surface area contributed by atoms with Gasteiger partial charge in [-0.25, -0.2) is 0 Å². The molecule has 6 nitrogen and oxygen atoms in total. The lowest BCUT2D eigenvalue weighted by Crippen LogP contribution is -2.29. The number of aliphatic carboxylic acids is 1. The van der Waals surface area contributed by atoms with Crippen LogP contribution in [0.25, 0.3) is 0 Å². The first-order valence-corrected chi connectivity index (χ1v) is 6.48. The van der Waals surface area contributed by atoms with Gasteiger partial charge in [-0.05, 0) is 24.1 Å². The van der Waals surface area contributed by atoms with E-state index in [4.69, 9.17) is 14.6 Å². The van der Waals surface area contributed by atoms with Crippen molar-refractivity contribution < 1.29 is 24.2 Å². The maximum Gasteiger partial charge on any atom is 0.308 e. The van der Waals surface area contributed by atoms with E-state index in [-0.39, 0.29) is 25.2 Å². The molecule has 0 saturated carbocycles. The van der Waals surface area contributed by atoms with Gasteiger partial charge in [0.1, 0.15) is 0 Å². The smallest absolute Gasteiger partial charge is 0.308 e. The molecule has 0 spiro atoms. The first kappa shape index (κ1) is 12.8. The van der Waals surface area contributed by atoms with Gasteiger partial charge in [-0.1, -0.05) is 6.92 Å². The van der Waals surface area contributed by atoms with Gasteiger partial charge in [-0.15, -0.1) is 0 Å². The fraction of sp³-hybridized carbons (Fsp3) is 0.429. The lowest BCUT2D eigenvalue weighted by molar-refractivity contribution is -0.142. The average Bonchev–Trinajstić information content (AvgIpc) is 3.02. The van der Waals surface area contributed by atoms with Crippen molar-refractivity contribution in [2.45, 2.75) is 6.92 Å². The number of carboxylic acid groups (broad SMARTS) is 1. The molecule has 1 N–H and O–H groups in total. The summed E-state index contributed by atoms with van der Waals surface area (Å²) in [4.78, 5) is 25.1. The van der Waals surface area contributed by atoms with E-state index in [1.807, 2.05) is 6.92 Å². The van der Waals surface area contributed by atoms with Crippen LogP contribution >= 0.6 is 0 Å². The molecule has 6 heteroatoms. The second-order valence-corrected chi connectivity index (χ2v) is 5.20. The number of fused-ring (bicyclic) bond motifs is 1. The minimum absolute atomic E-state index is 0.0366. The summed E-state index contributed by atoms with van der Waals surface area (Å²) in [6.45, 7) is 2.73. The third-order valence-corrected chi connectivity index (χ3v) is 3.84. The molecule has 1 aromatic rings. The number of ether oxygens (including phenoxy) is 2. The second-order valence-electron chi connectivity index (χ2n) is 5.20. The monoisotopic (exact) mass is 277 g/mol. The number of likely N-dealkylation sites (tertiary alicyclic amines) is 1. The molecule has 2 unspecified atom stereocenters. The van der Waals surface area contributed by atoms with Crippen molar-refractivity contribution in [2.75, 3.05) is 19.9 Å². The molecular formula is C14H15NO5. The van der Waals surface area contributed by atoms with Crippen LogP contribution in [0.2, 0.25) is 0 Å². The molecule has 2 aliphatic rings. The van der Waals surface area contributed by atoms with Gasteiger partial charge in [-0.3, -0.25) is 9.59 Å². The molecule has 106 valence electrons. The molecule has 0 radical (unpaired) electrons. The molecule has 20 heavy (non-hydrogen) atoms.